The minimum Gasteiger partial charge on any atom is -0.353 e. The highest BCUT2D eigenvalue weighted by Gasteiger charge is 2.44. The normalized spacial score (nSPS) is 15.6. The van der Waals surface area contributed by atoms with E-state index in [0.29, 0.717) is 11.4 Å². The Morgan fingerprint density at radius 3 is 2.41 bits per heavy atom. The van der Waals surface area contributed by atoms with Gasteiger partial charge < -0.3 is 10.6 Å². The molecule has 22 heavy (non-hydrogen) atoms. The Morgan fingerprint density at radius 2 is 1.86 bits per heavy atom. The third kappa shape index (κ3) is 4.81. The van der Waals surface area contributed by atoms with Crippen LogP contribution in [-0.2, 0) is 14.4 Å². The highest BCUT2D eigenvalue weighted by molar-refractivity contribution is 6.45. The van der Waals surface area contributed by atoms with Gasteiger partial charge in [0.05, 0.1) is 0 Å². The standard InChI is InChI=1S/C13H20N4O4.ClH/c1-4-6-16-11(19)12(20)17(13(16)21)8-10(18)15-7-9(3)14-5-2;/h4,9,14H,1,5-8H2,2-3H3,(H,15,18);1H/t9-;/m1./s1. The van der Waals surface area contributed by atoms with Gasteiger partial charge in [-0.1, -0.05) is 13.0 Å². The molecule has 9 heteroatoms. The lowest BCUT2D eigenvalue weighted by Gasteiger charge is -2.16. The largest absolute Gasteiger partial charge is 0.353 e. The molecule has 0 radical (unpaired) electrons. The summed E-state index contributed by atoms with van der Waals surface area (Å²) in [6.07, 6.45) is 1.34. The minimum atomic E-state index is -0.989. The molecule has 0 bridgehead atoms. The van der Waals surface area contributed by atoms with E-state index in [4.69, 9.17) is 0 Å². The van der Waals surface area contributed by atoms with Crippen molar-refractivity contribution in [2.75, 3.05) is 26.2 Å². The summed E-state index contributed by atoms with van der Waals surface area (Å²) in [5.41, 5.74) is 0. The molecule has 0 aliphatic carbocycles. The van der Waals surface area contributed by atoms with Crippen molar-refractivity contribution in [2.24, 2.45) is 0 Å². The molecule has 0 spiro atoms. The lowest BCUT2D eigenvalue weighted by atomic mass is 10.3. The van der Waals surface area contributed by atoms with Crippen LogP contribution < -0.4 is 10.6 Å². The maximum atomic E-state index is 11.9. The first-order valence-corrected chi connectivity index (χ1v) is 6.70. The van der Waals surface area contributed by atoms with Crippen molar-refractivity contribution in [3.63, 3.8) is 0 Å². The number of halogens is 1. The second-order valence-corrected chi connectivity index (χ2v) is 4.64. The van der Waals surface area contributed by atoms with Crippen LogP contribution in [0.4, 0.5) is 4.79 Å². The van der Waals surface area contributed by atoms with E-state index in [9.17, 15) is 19.2 Å². The highest BCUT2D eigenvalue weighted by atomic mass is 35.5. The van der Waals surface area contributed by atoms with Crippen LogP contribution in [0.3, 0.4) is 0 Å². The summed E-state index contributed by atoms with van der Waals surface area (Å²) in [6.45, 7) is 7.86. The van der Waals surface area contributed by atoms with Gasteiger partial charge in [-0.15, -0.1) is 19.0 Å². The van der Waals surface area contributed by atoms with E-state index in [1.165, 1.54) is 6.08 Å². The molecule has 1 heterocycles. The van der Waals surface area contributed by atoms with Crippen LogP contribution in [-0.4, -0.2) is 65.8 Å². The SMILES string of the molecule is C=CCN1C(=O)C(=O)N(CC(=O)NC[C@@H](C)NCC)C1=O.Cl. The summed E-state index contributed by atoms with van der Waals surface area (Å²) < 4.78 is 0. The van der Waals surface area contributed by atoms with E-state index in [-0.39, 0.29) is 25.0 Å². The van der Waals surface area contributed by atoms with E-state index in [2.05, 4.69) is 17.2 Å². The van der Waals surface area contributed by atoms with Gasteiger partial charge in [-0.25, -0.2) is 9.69 Å². The van der Waals surface area contributed by atoms with E-state index in [0.717, 1.165) is 11.4 Å². The molecular formula is C13H21ClN4O4. The molecule has 1 saturated heterocycles. The van der Waals surface area contributed by atoms with Gasteiger partial charge in [0.25, 0.3) is 0 Å². The first-order valence-electron chi connectivity index (χ1n) is 6.70. The van der Waals surface area contributed by atoms with Gasteiger partial charge in [0.1, 0.15) is 6.54 Å². The third-order valence-corrected chi connectivity index (χ3v) is 2.91. The summed E-state index contributed by atoms with van der Waals surface area (Å²) in [6, 6.07) is -0.720. The Kier molecular flexibility index (Phi) is 8.36. The lowest BCUT2D eigenvalue weighted by molar-refractivity contribution is -0.143. The minimum absolute atomic E-state index is 0. The molecule has 1 rings (SSSR count). The molecule has 5 amide bonds. The van der Waals surface area contributed by atoms with Gasteiger partial charge in [-0.05, 0) is 13.5 Å². The average Bonchev–Trinajstić information content (AvgIpc) is 2.63. The van der Waals surface area contributed by atoms with E-state index in [1.54, 1.807) is 0 Å². The zero-order valence-corrected chi connectivity index (χ0v) is 13.4. The number of amides is 5. The molecule has 2 N–H and O–H groups in total. The molecule has 0 saturated carbocycles. The van der Waals surface area contributed by atoms with Crippen LogP contribution in [0.2, 0.25) is 0 Å². The number of nitrogens with one attached hydrogen (secondary N) is 2. The molecule has 124 valence electrons. The number of nitrogens with zero attached hydrogens (tertiary/aromatic N) is 2. The Bertz CT molecular complexity index is 469. The fourth-order valence-corrected chi connectivity index (χ4v) is 1.87. The third-order valence-electron chi connectivity index (χ3n) is 2.91. The fourth-order valence-electron chi connectivity index (χ4n) is 1.87. The fraction of sp³-hybridized carbons (Fsp3) is 0.538. The molecule has 0 unspecified atom stereocenters. The quantitative estimate of drug-likeness (QED) is 0.355. The predicted molar refractivity (Wildman–Crippen MR) is 82.4 cm³/mol. The molecule has 0 aromatic rings. The summed E-state index contributed by atoms with van der Waals surface area (Å²) in [7, 11) is 0. The molecule has 0 aromatic heterocycles. The van der Waals surface area contributed by atoms with Crippen molar-refractivity contribution >= 4 is 36.2 Å². The van der Waals surface area contributed by atoms with Crippen LogP contribution in [0.5, 0.6) is 0 Å². The number of imide groups is 2. The van der Waals surface area contributed by atoms with Crippen molar-refractivity contribution in [3.8, 4) is 0 Å². The van der Waals surface area contributed by atoms with Crippen molar-refractivity contribution in [3.05, 3.63) is 12.7 Å². The number of urea groups is 1. The maximum Gasteiger partial charge on any atom is 0.335 e. The first-order chi connectivity index (χ1) is 9.92. The van der Waals surface area contributed by atoms with Crippen molar-refractivity contribution in [2.45, 2.75) is 19.9 Å². The monoisotopic (exact) mass is 332 g/mol. The van der Waals surface area contributed by atoms with Crippen molar-refractivity contribution in [1.82, 2.24) is 20.4 Å². The molecule has 0 aromatic carbocycles. The molecule has 8 nitrogen and oxygen atoms in total. The van der Waals surface area contributed by atoms with E-state index in [1.807, 2.05) is 13.8 Å². The van der Waals surface area contributed by atoms with Crippen LogP contribution >= 0.6 is 12.4 Å². The summed E-state index contributed by atoms with van der Waals surface area (Å²) in [5, 5.41) is 5.71. The molecular weight excluding hydrogens is 312 g/mol. The van der Waals surface area contributed by atoms with Gasteiger partial charge in [-0.3, -0.25) is 19.3 Å². The van der Waals surface area contributed by atoms with E-state index >= 15 is 0 Å². The van der Waals surface area contributed by atoms with Gasteiger partial charge in [0.15, 0.2) is 0 Å². The zero-order valence-electron chi connectivity index (χ0n) is 12.6. The van der Waals surface area contributed by atoms with Crippen molar-refractivity contribution < 1.29 is 19.2 Å². The zero-order chi connectivity index (χ0) is 16.0. The lowest BCUT2D eigenvalue weighted by Crippen LogP contribution is -2.45. The molecule has 1 aliphatic rings. The molecule has 1 fully saturated rings. The Morgan fingerprint density at radius 1 is 1.27 bits per heavy atom. The highest BCUT2D eigenvalue weighted by Crippen LogP contribution is 2.11. The van der Waals surface area contributed by atoms with Gasteiger partial charge >= 0.3 is 17.8 Å². The number of hydrogen-bond acceptors (Lipinski definition) is 5. The molecule has 1 atom stereocenters. The Hall–Kier alpha value is -1.93. The summed E-state index contributed by atoms with van der Waals surface area (Å²) in [5.74, 6) is -2.42. The predicted octanol–water partition coefficient (Wildman–Crippen LogP) is -0.501. The van der Waals surface area contributed by atoms with Gasteiger partial charge in [0.2, 0.25) is 5.91 Å². The second kappa shape index (κ2) is 9.16. The number of likely N-dealkylation sites (N-methyl/N-ethyl adjacent to an activating group) is 1. The van der Waals surface area contributed by atoms with E-state index < -0.39 is 30.3 Å². The van der Waals surface area contributed by atoms with Gasteiger partial charge in [-0.2, -0.15) is 0 Å². The number of carbonyl (C=O) groups excluding carboxylic acids is 4. The molecule has 1 aliphatic heterocycles. The number of hydrogen-bond donors (Lipinski definition) is 2. The van der Waals surface area contributed by atoms with Gasteiger partial charge in [0, 0.05) is 19.1 Å². The van der Waals surface area contributed by atoms with Crippen LogP contribution in [0.15, 0.2) is 12.7 Å². The summed E-state index contributed by atoms with van der Waals surface area (Å²) in [4.78, 5) is 48.2. The van der Waals surface area contributed by atoms with Crippen molar-refractivity contribution in [1.29, 1.82) is 0 Å². The second-order valence-electron chi connectivity index (χ2n) is 4.64. The number of carbonyl (C=O) groups is 4. The van der Waals surface area contributed by atoms with Crippen LogP contribution in [0, 0.1) is 0 Å². The summed E-state index contributed by atoms with van der Waals surface area (Å²) >= 11 is 0. The Balaban J connectivity index is 0.00000441. The smallest absolute Gasteiger partial charge is 0.335 e. The number of rotatable bonds is 8. The Labute approximate surface area is 135 Å². The first kappa shape index (κ1) is 20.1. The maximum absolute atomic E-state index is 11.9. The van der Waals surface area contributed by atoms with Crippen LogP contribution in [0.1, 0.15) is 13.8 Å². The average molecular weight is 333 g/mol. The van der Waals surface area contributed by atoms with Crippen LogP contribution in [0.25, 0.3) is 0 Å². The topological polar surface area (TPSA) is 98.8 Å².